The molecule has 0 unspecified atom stereocenters. The summed E-state index contributed by atoms with van der Waals surface area (Å²) in [4.78, 5) is 22.0. The first kappa shape index (κ1) is 19.6. The standard InChI is InChI=1S/C8H10Cl6N2O3/c1-3(17)15-5(7(9,10)11)19-6(8(12,13)14)16-4(2)18/h5-6H,1-2H3,(H,15,17)(H,16,18)/t5-,6+. The number of ether oxygens (including phenoxy) is 1. The molecule has 2 N–H and O–H groups in total. The van der Waals surface area contributed by atoms with Gasteiger partial charge in [-0.15, -0.1) is 0 Å². The van der Waals surface area contributed by atoms with Crippen LogP contribution in [0.4, 0.5) is 0 Å². The first-order chi connectivity index (χ1) is 8.34. The predicted octanol–water partition coefficient (Wildman–Crippen LogP) is 2.67. The highest BCUT2D eigenvalue weighted by atomic mass is 35.6. The highest BCUT2D eigenvalue weighted by Crippen LogP contribution is 2.36. The Balaban J connectivity index is 5.03. The average molecular weight is 395 g/mol. The van der Waals surface area contributed by atoms with E-state index in [0.29, 0.717) is 0 Å². The van der Waals surface area contributed by atoms with Gasteiger partial charge in [-0.1, -0.05) is 69.6 Å². The molecule has 5 nitrogen and oxygen atoms in total. The highest BCUT2D eigenvalue weighted by Gasteiger charge is 2.42. The van der Waals surface area contributed by atoms with Gasteiger partial charge in [0.05, 0.1) is 0 Å². The summed E-state index contributed by atoms with van der Waals surface area (Å²) in [6.45, 7) is 2.35. The van der Waals surface area contributed by atoms with E-state index in [1.165, 1.54) is 13.8 Å². The Labute approximate surface area is 140 Å². The monoisotopic (exact) mass is 392 g/mol. The van der Waals surface area contributed by atoms with E-state index in [0.717, 1.165) is 0 Å². The maximum absolute atomic E-state index is 11.0. The van der Waals surface area contributed by atoms with Crippen molar-refractivity contribution in [2.45, 2.75) is 33.9 Å². The van der Waals surface area contributed by atoms with Crippen LogP contribution in [-0.4, -0.2) is 31.9 Å². The van der Waals surface area contributed by atoms with Gasteiger partial charge in [-0.05, 0) is 0 Å². The van der Waals surface area contributed by atoms with E-state index in [9.17, 15) is 9.59 Å². The van der Waals surface area contributed by atoms with Crippen LogP contribution in [0.1, 0.15) is 13.8 Å². The van der Waals surface area contributed by atoms with Gasteiger partial charge in [-0.3, -0.25) is 9.59 Å². The first-order valence-corrected chi connectivity index (χ1v) is 6.94. The van der Waals surface area contributed by atoms with Crippen LogP contribution in [0.25, 0.3) is 0 Å². The van der Waals surface area contributed by atoms with Crippen LogP contribution in [-0.2, 0) is 14.3 Å². The lowest BCUT2D eigenvalue weighted by Gasteiger charge is -2.32. The van der Waals surface area contributed by atoms with Crippen molar-refractivity contribution in [2.75, 3.05) is 0 Å². The molecule has 0 aliphatic carbocycles. The summed E-state index contributed by atoms with van der Waals surface area (Å²) in [6, 6.07) is 0. The Hall–Kier alpha value is 0.640. The highest BCUT2D eigenvalue weighted by molar-refractivity contribution is 6.68. The maximum atomic E-state index is 11.0. The van der Waals surface area contributed by atoms with Gasteiger partial charge in [0.15, 0.2) is 12.5 Å². The van der Waals surface area contributed by atoms with Gasteiger partial charge in [-0.25, -0.2) is 0 Å². The molecule has 0 aliphatic heterocycles. The molecular formula is C8H10Cl6N2O3. The SMILES string of the molecule is CC(=O)N[C@H](O[C@H](NC(C)=O)C(Cl)(Cl)Cl)C(Cl)(Cl)Cl. The Morgan fingerprint density at radius 3 is 1.26 bits per heavy atom. The molecular weight excluding hydrogens is 385 g/mol. The summed E-state index contributed by atoms with van der Waals surface area (Å²) >= 11 is 33.7. The van der Waals surface area contributed by atoms with Crippen LogP contribution in [0.15, 0.2) is 0 Å². The minimum absolute atomic E-state index is 0.540. The third-order valence-corrected chi connectivity index (χ3v) is 2.72. The van der Waals surface area contributed by atoms with E-state index in [-0.39, 0.29) is 0 Å². The summed E-state index contributed by atoms with van der Waals surface area (Å²) in [5.74, 6) is -1.08. The van der Waals surface area contributed by atoms with Crippen molar-refractivity contribution < 1.29 is 14.3 Å². The van der Waals surface area contributed by atoms with Gasteiger partial charge >= 0.3 is 0 Å². The van der Waals surface area contributed by atoms with Crippen molar-refractivity contribution in [1.29, 1.82) is 0 Å². The lowest BCUT2D eigenvalue weighted by molar-refractivity contribution is -0.130. The summed E-state index contributed by atoms with van der Waals surface area (Å²) in [5, 5.41) is 4.42. The number of hydrogen-bond donors (Lipinski definition) is 2. The second kappa shape index (κ2) is 7.59. The zero-order valence-electron chi connectivity index (χ0n) is 9.65. The molecule has 0 aromatic heterocycles. The largest absolute Gasteiger partial charge is 0.327 e. The second-order valence-corrected chi connectivity index (χ2v) is 8.12. The van der Waals surface area contributed by atoms with E-state index in [4.69, 9.17) is 74.3 Å². The number of halogens is 6. The molecule has 0 heterocycles. The minimum atomic E-state index is -2.03. The molecule has 2 amide bonds. The van der Waals surface area contributed by atoms with E-state index in [2.05, 4.69) is 10.6 Å². The number of alkyl halides is 6. The number of rotatable bonds is 4. The zero-order valence-corrected chi connectivity index (χ0v) is 14.2. The molecule has 0 saturated carbocycles. The van der Waals surface area contributed by atoms with Crippen LogP contribution in [0.2, 0.25) is 0 Å². The van der Waals surface area contributed by atoms with Crippen LogP contribution in [0, 0.1) is 0 Å². The Morgan fingerprint density at radius 1 is 0.842 bits per heavy atom. The lowest BCUT2D eigenvalue weighted by atomic mass is 10.5. The molecule has 0 saturated heterocycles. The fourth-order valence-corrected chi connectivity index (χ4v) is 1.53. The molecule has 0 aromatic rings. The molecule has 0 rings (SSSR count). The first-order valence-electron chi connectivity index (χ1n) is 4.67. The predicted molar refractivity (Wildman–Crippen MR) is 76.9 cm³/mol. The summed E-state index contributed by atoms with van der Waals surface area (Å²) in [6.07, 6.45) is -2.86. The van der Waals surface area contributed by atoms with Crippen molar-refractivity contribution >= 4 is 81.4 Å². The molecule has 112 valence electrons. The van der Waals surface area contributed by atoms with Gasteiger partial charge in [0.2, 0.25) is 19.4 Å². The van der Waals surface area contributed by atoms with Gasteiger partial charge in [0.25, 0.3) is 0 Å². The molecule has 0 aliphatic rings. The molecule has 19 heavy (non-hydrogen) atoms. The lowest BCUT2D eigenvalue weighted by Crippen LogP contribution is -2.54. The molecule has 0 fully saturated rings. The number of amides is 2. The zero-order chi connectivity index (χ0) is 15.4. The fraction of sp³-hybridized carbons (Fsp3) is 0.750. The fourth-order valence-electron chi connectivity index (χ4n) is 0.891. The van der Waals surface area contributed by atoms with Gasteiger partial charge in [-0.2, -0.15) is 0 Å². The number of carbonyl (C=O) groups excluding carboxylic acids is 2. The molecule has 0 aromatic carbocycles. The normalized spacial score (nSPS) is 15.6. The smallest absolute Gasteiger partial charge is 0.234 e. The second-order valence-electron chi connectivity index (χ2n) is 3.38. The van der Waals surface area contributed by atoms with E-state index >= 15 is 0 Å². The third kappa shape index (κ3) is 8.50. The minimum Gasteiger partial charge on any atom is -0.327 e. The van der Waals surface area contributed by atoms with Gasteiger partial charge in [0.1, 0.15) is 0 Å². The van der Waals surface area contributed by atoms with Crippen molar-refractivity contribution in [3.8, 4) is 0 Å². The van der Waals surface area contributed by atoms with Crippen LogP contribution in [0.3, 0.4) is 0 Å². The molecule has 0 radical (unpaired) electrons. The number of hydrogen-bond acceptors (Lipinski definition) is 3. The third-order valence-electron chi connectivity index (χ3n) is 1.54. The van der Waals surface area contributed by atoms with E-state index in [1.54, 1.807) is 0 Å². The topological polar surface area (TPSA) is 67.4 Å². The molecule has 0 spiro atoms. The quantitative estimate of drug-likeness (QED) is 0.569. The van der Waals surface area contributed by atoms with Crippen molar-refractivity contribution in [3.63, 3.8) is 0 Å². The van der Waals surface area contributed by atoms with Crippen molar-refractivity contribution in [1.82, 2.24) is 10.6 Å². The maximum Gasteiger partial charge on any atom is 0.234 e. The van der Waals surface area contributed by atoms with Crippen molar-refractivity contribution in [3.05, 3.63) is 0 Å². The van der Waals surface area contributed by atoms with Crippen molar-refractivity contribution in [2.24, 2.45) is 0 Å². The van der Waals surface area contributed by atoms with Crippen LogP contribution in [0.5, 0.6) is 0 Å². The molecule has 2 atom stereocenters. The molecule has 11 heteroatoms. The summed E-state index contributed by atoms with van der Waals surface area (Å²) in [5.41, 5.74) is 0. The van der Waals surface area contributed by atoms with E-state index in [1.807, 2.05) is 0 Å². The Kier molecular flexibility index (Phi) is 7.85. The Morgan fingerprint density at radius 2 is 1.11 bits per heavy atom. The number of carbonyl (C=O) groups is 2. The van der Waals surface area contributed by atoms with Crippen LogP contribution >= 0.6 is 69.6 Å². The summed E-state index contributed by atoms with van der Waals surface area (Å²) < 4.78 is 1.09. The molecule has 0 bridgehead atoms. The Bertz CT molecular complexity index is 308. The van der Waals surface area contributed by atoms with Crippen LogP contribution < -0.4 is 10.6 Å². The average Bonchev–Trinajstić information content (AvgIpc) is 2.10. The van der Waals surface area contributed by atoms with Gasteiger partial charge < -0.3 is 15.4 Å². The van der Waals surface area contributed by atoms with Gasteiger partial charge in [0, 0.05) is 13.8 Å². The van der Waals surface area contributed by atoms with E-state index < -0.39 is 31.9 Å². The number of nitrogens with one attached hydrogen (secondary N) is 2. The summed E-state index contributed by atoms with van der Waals surface area (Å²) in [7, 11) is 0.